The molecule has 1 rings (SSSR count). The summed E-state index contributed by atoms with van der Waals surface area (Å²) < 4.78 is 0. The number of aliphatic hydroxyl groups is 1. The third kappa shape index (κ3) is 5.28. The average molecular weight is 228 g/mol. The van der Waals surface area contributed by atoms with Crippen LogP contribution in [-0.4, -0.2) is 48.3 Å². The largest absolute Gasteiger partial charge is 0.396 e. The first-order valence-corrected chi connectivity index (χ1v) is 6.82. The van der Waals surface area contributed by atoms with Crippen molar-refractivity contribution in [2.75, 3.05) is 26.2 Å². The van der Waals surface area contributed by atoms with Gasteiger partial charge in [-0.05, 0) is 38.8 Å². The van der Waals surface area contributed by atoms with Crippen molar-refractivity contribution in [2.45, 2.75) is 58.0 Å². The van der Waals surface area contributed by atoms with Gasteiger partial charge in [0.15, 0.2) is 0 Å². The number of nitrogens with zero attached hydrogens (tertiary/aromatic N) is 1. The lowest BCUT2D eigenvalue weighted by atomic mass is 9.91. The molecule has 0 amide bonds. The van der Waals surface area contributed by atoms with Gasteiger partial charge in [0, 0.05) is 25.2 Å². The van der Waals surface area contributed by atoms with Gasteiger partial charge in [-0.2, -0.15) is 0 Å². The van der Waals surface area contributed by atoms with E-state index in [0.29, 0.717) is 12.6 Å². The summed E-state index contributed by atoms with van der Waals surface area (Å²) in [5.41, 5.74) is 0. The second-order valence-electron chi connectivity index (χ2n) is 5.16. The molecule has 3 nitrogen and oxygen atoms in total. The highest BCUT2D eigenvalue weighted by molar-refractivity contribution is 4.80. The molecule has 0 bridgehead atoms. The lowest BCUT2D eigenvalue weighted by Crippen LogP contribution is -2.42. The van der Waals surface area contributed by atoms with Crippen molar-refractivity contribution < 1.29 is 5.11 Å². The van der Waals surface area contributed by atoms with Gasteiger partial charge in [-0.25, -0.2) is 0 Å². The van der Waals surface area contributed by atoms with Gasteiger partial charge in [-0.3, -0.25) is 0 Å². The topological polar surface area (TPSA) is 35.5 Å². The van der Waals surface area contributed by atoms with E-state index in [9.17, 15) is 0 Å². The predicted octanol–water partition coefficient (Wildman–Crippen LogP) is 1.61. The predicted molar refractivity (Wildman–Crippen MR) is 68.7 cm³/mol. The van der Waals surface area contributed by atoms with Crippen LogP contribution in [0.4, 0.5) is 0 Å². The zero-order valence-electron chi connectivity index (χ0n) is 10.9. The first-order valence-electron chi connectivity index (χ1n) is 6.82. The highest BCUT2D eigenvalue weighted by Gasteiger charge is 2.23. The molecule has 2 N–H and O–H groups in total. The molecule has 0 spiro atoms. The Morgan fingerprint density at radius 1 is 1.25 bits per heavy atom. The van der Waals surface area contributed by atoms with E-state index in [1.807, 2.05) is 0 Å². The van der Waals surface area contributed by atoms with Crippen LogP contribution < -0.4 is 5.32 Å². The Hall–Kier alpha value is -0.120. The molecular formula is C13H28N2O. The standard InChI is InChI=1S/C13H28N2O/c1-12(2)14-8-4-9-15(10-5-11-16)13-6-3-7-13/h12-14,16H,3-11H2,1-2H3. The first-order chi connectivity index (χ1) is 7.74. The van der Waals surface area contributed by atoms with Crippen LogP contribution in [-0.2, 0) is 0 Å². The van der Waals surface area contributed by atoms with Crippen LogP contribution in [0.2, 0.25) is 0 Å². The van der Waals surface area contributed by atoms with Crippen LogP contribution in [0.15, 0.2) is 0 Å². The smallest absolute Gasteiger partial charge is 0.0443 e. The van der Waals surface area contributed by atoms with Crippen LogP contribution in [0.5, 0.6) is 0 Å². The zero-order chi connectivity index (χ0) is 11.8. The van der Waals surface area contributed by atoms with Crippen molar-refractivity contribution in [1.82, 2.24) is 10.2 Å². The fraction of sp³-hybridized carbons (Fsp3) is 1.00. The van der Waals surface area contributed by atoms with E-state index < -0.39 is 0 Å². The Kier molecular flexibility index (Phi) is 7.01. The second-order valence-corrected chi connectivity index (χ2v) is 5.16. The van der Waals surface area contributed by atoms with E-state index in [0.717, 1.165) is 25.6 Å². The highest BCUT2D eigenvalue weighted by Crippen LogP contribution is 2.24. The normalized spacial score (nSPS) is 17.1. The summed E-state index contributed by atoms with van der Waals surface area (Å²) in [5, 5.41) is 12.3. The Bertz CT molecular complexity index is 169. The monoisotopic (exact) mass is 228 g/mol. The van der Waals surface area contributed by atoms with Crippen LogP contribution in [0.25, 0.3) is 0 Å². The van der Waals surface area contributed by atoms with Crippen molar-refractivity contribution >= 4 is 0 Å². The van der Waals surface area contributed by atoms with Gasteiger partial charge in [0.2, 0.25) is 0 Å². The Morgan fingerprint density at radius 2 is 1.94 bits per heavy atom. The maximum atomic E-state index is 8.89. The molecule has 0 atom stereocenters. The Morgan fingerprint density at radius 3 is 2.44 bits per heavy atom. The Labute approximate surface area is 100 Å². The lowest BCUT2D eigenvalue weighted by molar-refractivity contribution is 0.115. The maximum Gasteiger partial charge on any atom is 0.0443 e. The molecule has 3 heteroatoms. The molecule has 1 aliphatic rings. The molecule has 0 unspecified atom stereocenters. The minimum Gasteiger partial charge on any atom is -0.396 e. The van der Waals surface area contributed by atoms with Gasteiger partial charge in [0.05, 0.1) is 0 Å². The molecule has 1 fully saturated rings. The fourth-order valence-electron chi connectivity index (χ4n) is 2.18. The van der Waals surface area contributed by atoms with E-state index in [4.69, 9.17) is 5.11 Å². The molecule has 1 aliphatic carbocycles. The summed E-state index contributed by atoms with van der Waals surface area (Å²) in [6, 6.07) is 1.40. The van der Waals surface area contributed by atoms with Gasteiger partial charge in [0.1, 0.15) is 0 Å². The minimum absolute atomic E-state index is 0.327. The van der Waals surface area contributed by atoms with Gasteiger partial charge in [-0.1, -0.05) is 20.3 Å². The van der Waals surface area contributed by atoms with Crippen molar-refractivity contribution in [3.8, 4) is 0 Å². The molecule has 0 aromatic heterocycles. The summed E-state index contributed by atoms with van der Waals surface area (Å²) in [6.45, 7) is 8.08. The summed E-state index contributed by atoms with van der Waals surface area (Å²) in [6.07, 6.45) is 6.27. The zero-order valence-corrected chi connectivity index (χ0v) is 10.9. The first kappa shape index (κ1) is 13.9. The van der Waals surface area contributed by atoms with Crippen molar-refractivity contribution in [1.29, 1.82) is 0 Å². The third-order valence-electron chi connectivity index (χ3n) is 3.37. The summed E-state index contributed by atoms with van der Waals surface area (Å²) in [7, 11) is 0. The molecule has 0 radical (unpaired) electrons. The van der Waals surface area contributed by atoms with Gasteiger partial charge in [0.25, 0.3) is 0 Å². The molecule has 96 valence electrons. The van der Waals surface area contributed by atoms with Gasteiger partial charge >= 0.3 is 0 Å². The minimum atomic E-state index is 0.327. The molecule has 0 aromatic rings. The van der Waals surface area contributed by atoms with Gasteiger partial charge in [-0.15, -0.1) is 0 Å². The maximum absolute atomic E-state index is 8.89. The average Bonchev–Trinajstić information content (AvgIpc) is 2.17. The number of hydrogen-bond donors (Lipinski definition) is 2. The summed E-state index contributed by atoms with van der Waals surface area (Å²) in [4.78, 5) is 2.57. The molecular weight excluding hydrogens is 200 g/mol. The molecule has 0 saturated heterocycles. The van der Waals surface area contributed by atoms with E-state index in [1.54, 1.807) is 0 Å². The van der Waals surface area contributed by atoms with Crippen LogP contribution in [0.3, 0.4) is 0 Å². The highest BCUT2D eigenvalue weighted by atomic mass is 16.3. The second kappa shape index (κ2) is 8.04. The molecule has 0 aliphatic heterocycles. The molecule has 1 saturated carbocycles. The van der Waals surface area contributed by atoms with Gasteiger partial charge < -0.3 is 15.3 Å². The third-order valence-corrected chi connectivity index (χ3v) is 3.37. The number of rotatable bonds is 9. The van der Waals surface area contributed by atoms with Crippen molar-refractivity contribution in [2.24, 2.45) is 0 Å². The quantitative estimate of drug-likeness (QED) is 0.589. The van der Waals surface area contributed by atoms with E-state index in [-0.39, 0.29) is 0 Å². The van der Waals surface area contributed by atoms with E-state index in [2.05, 4.69) is 24.1 Å². The fourth-order valence-corrected chi connectivity index (χ4v) is 2.18. The van der Waals surface area contributed by atoms with Crippen molar-refractivity contribution in [3.63, 3.8) is 0 Å². The van der Waals surface area contributed by atoms with Crippen LogP contribution in [0, 0.1) is 0 Å². The molecule has 16 heavy (non-hydrogen) atoms. The lowest BCUT2D eigenvalue weighted by Gasteiger charge is -2.37. The summed E-state index contributed by atoms with van der Waals surface area (Å²) in [5.74, 6) is 0. The molecule has 0 heterocycles. The van der Waals surface area contributed by atoms with Crippen LogP contribution in [0.1, 0.15) is 46.0 Å². The Balaban J connectivity index is 2.11. The summed E-state index contributed by atoms with van der Waals surface area (Å²) >= 11 is 0. The van der Waals surface area contributed by atoms with E-state index in [1.165, 1.54) is 32.2 Å². The van der Waals surface area contributed by atoms with Crippen molar-refractivity contribution in [3.05, 3.63) is 0 Å². The number of hydrogen-bond acceptors (Lipinski definition) is 3. The SMILES string of the molecule is CC(C)NCCCN(CCCO)C1CCC1. The number of nitrogens with one attached hydrogen (secondary N) is 1. The van der Waals surface area contributed by atoms with Crippen LogP contribution >= 0.6 is 0 Å². The van der Waals surface area contributed by atoms with E-state index >= 15 is 0 Å². The number of aliphatic hydroxyl groups excluding tert-OH is 1. The molecule has 0 aromatic carbocycles.